The fraction of sp³-hybridized carbons (Fsp3) is 0.538. The topological polar surface area (TPSA) is 9.23 Å². The minimum atomic E-state index is -0.150. The highest BCUT2D eigenvalue weighted by Crippen LogP contribution is 2.25. The molecule has 0 saturated carbocycles. The lowest BCUT2D eigenvalue weighted by molar-refractivity contribution is 0.0616. The fourth-order valence-corrected chi connectivity index (χ4v) is 2.84. The first-order valence-corrected chi connectivity index (χ1v) is 6.77. The van der Waals surface area contributed by atoms with E-state index >= 15 is 0 Å². The molecule has 0 heterocycles. The maximum absolute atomic E-state index is 13.0. The number of hydrogen-bond donors (Lipinski definition) is 0. The van der Waals surface area contributed by atoms with E-state index in [0.717, 1.165) is 41.7 Å². The van der Waals surface area contributed by atoms with Gasteiger partial charge in [-0.05, 0) is 43.4 Å². The highest BCUT2D eigenvalue weighted by atomic mass is 28.2. The summed E-state index contributed by atoms with van der Waals surface area (Å²) in [6.07, 6.45) is 3.93. The maximum Gasteiger partial charge on any atom is 0.146 e. The van der Waals surface area contributed by atoms with Gasteiger partial charge < -0.3 is 4.43 Å². The summed E-state index contributed by atoms with van der Waals surface area (Å²) in [5.41, 5.74) is 1.07. The molecule has 0 aliphatic rings. The predicted molar refractivity (Wildman–Crippen MR) is 69.1 cm³/mol. The highest BCUT2D eigenvalue weighted by molar-refractivity contribution is 5.98. The van der Waals surface area contributed by atoms with Crippen molar-refractivity contribution in [1.29, 1.82) is 0 Å². The van der Waals surface area contributed by atoms with Crippen LogP contribution in [0.1, 0.15) is 38.7 Å². The van der Waals surface area contributed by atoms with E-state index in [2.05, 4.69) is 13.8 Å². The number of halogens is 1. The summed E-state index contributed by atoms with van der Waals surface area (Å²) >= 11 is 0. The molecular weight excluding hydrogens is 219 g/mol. The number of benzene rings is 1. The molecule has 0 bridgehead atoms. The van der Waals surface area contributed by atoms with Crippen molar-refractivity contribution in [3.05, 3.63) is 35.6 Å². The molecule has 0 fully saturated rings. The molecule has 0 aromatic heterocycles. The molecule has 0 aliphatic heterocycles. The summed E-state index contributed by atoms with van der Waals surface area (Å²) < 4.78 is 18.7. The van der Waals surface area contributed by atoms with Crippen LogP contribution in [0.3, 0.4) is 0 Å². The third-order valence-corrected chi connectivity index (χ3v) is 4.35. The first-order valence-electron chi connectivity index (χ1n) is 5.95. The summed E-state index contributed by atoms with van der Waals surface area (Å²) in [4.78, 5) is 0. The molecule has 0 radical (unpaired) electrons. The van der Waals surface area contributed by atoms with Crippen LogP contribution in [0.4, 0.5) is 4.39 Å². The molecule has 1 nitrogen and oxygen atoms in total. The third-order valence-electron chi connectivity index (χ3n) is 3.48. The Bertz CT molecular complexity index is 315. The molecule has 0 saturated heterocycles. The average Bonchev–Trinajstić information content (AvgIpc) is 2.32. The number of aryl methyl sites for hydroxylation is 1. The molecule has 1 rings (SSSR count). The summed E-state index contributed by atoms with van der Waals surface area (Å²) in [6.45, 7) is 4.32. The zero-order valence-electron chi connectivity index (χ0n) is 10.4. The largest absolute Gasteiger partial charge is 0.422 e. The molecule has 3 heteroatoms. The lowest BCUT2D eigenvalue weighted by Gasteiger charge is -2.31. The van der Waals surface area contributed by atoms with E-state index in [-0.39, 0.29) is 11.4 Å². The molecule has 0 unspecified atom stereocenters. The summed E-state index contributed by atoms with van der Waals surface area (Å²) in [6, 6.07) is 6.85. The lowest BCUT2D eigenvalue weighted by atomic mass is 9.90. The Morgan fingerprint density at radius 1 is 1.31 bits per heavy atom. The molecule has 1 aromatic carbocycles. The first-order chi connectivity index (χ1) is 7.65. The SMILES string of the molecule is CCC(CC)(CCc1cccc(F)c1)O[SiH3]. The van der Waals surface area contributed by atoms with Crippen molar-refractivity contribution in [2.75, 3.05) is 0 Å². The van der Waals surface area contributed by atoms with Gasteiger partial charge in [-0.1, -0.05) is 26.0 Å². The Kier molecular flexibility index (Phi) is 5.15. The second-order valence-electron chi connectivity index (χ2n) is 4.22. The summed E-state index contributed by atoms with van der Waals surface area (Å²) in [5, 5.41) is 0. The van der Waals surface area contributed by atoms with Crippen molar-refractivity contribution in [2.45, 2.75) is 45.1 Å². The Balaban J connectivity index is 2.62. The van der Waals surface area contributed by atoms with Crippen LogP contribution in [0.5, 0.6) is 0 Å². The van der Waals surface area contributed by atoms with Gasteiger partial charge in [0.25, 0.3) is 0 Å². The van der Waals surface area contributed by atoms with Crippen LogP contribution in [0, 0.1) is 5.82 Å². The molecule has 16 heavy (non-hydrogen) atoms. The van der Waals surface area contributed by atoms with Gasteiger partial charge in [-0.2, -0.15) is 0 Å². The van der Waals surface area contributed by atoms with Crippen molar-refractivity contribution in [1.82, 2.24) is 0 Å². The van der Waals surface area contributed by atoms with Gasteiger partial charge in [-0.3, -0.25) is 0 Å². The normalized spacial score (nSPS) is 11.9. The van der Waals surface area contributed by atoms with Crippen molar-refractivity contribution in [2.24, 2.45) is 0 Å². The van der Waals surface area contributed by atoms with Gasteiger partial charge in [0.2, 0.25) is 0 Å². The zero-order chi connectivity index (χ0) is 12.0. The lowest BCUT2D eigenvalue weighted by Crippen LogP contribution is -2.30. The van der Waals surface area contributed by atoms with Gasteiger partial charge in [0.15, 0.2) is 0 Å². The van der Waals surface area contributed by atoms with E-state index in [0.29, 0.717) is 0 Å². The summed E-state index contributed by atoms with van der Waals surface area (Å²) in [5.74, 6) is -0.150. The van der Waals surface area contributed by atoms with Crippen LogP contribution in [-0.4, -0.2) is 16.1 Å². The van der Waals surface area contributed by atoms with Crippen LogP contribution in [-0.2, 0) is 10.8 Å². The van der Waals surface area contributed by atoms with Gasteiger partial charge >= 0.3 is 0 Å². The minimum absolute atomic E-state index is 0.0124. The van der Waals surface area contributed by atoms with E-state index in [1.165, 1.54) is 6.07 Å². The number of hydrogen-bond acceptors (Lipinski definition) is 1. The predicted octanol–water partition coefficient (Wildman–Crippen LogP) is 2.61. The third kappa shape index (κ3) is 3.42. The van der Waals surface area contributed by atoms with Crippen molar-refractivity contribution < 1.29 is 8.82 Å². The van der Waals surface area contributed by atoms with Crippen LogP contribution in [0.15, 0.2) is 24.3 Å². The van der Waals surface area contributed by atoms with Crippen LogP contribution in [0.25, 0.3) is 0 Å². The summed E-state index contributed by atoms with van der Waals surface area (Å²) in [7, 11) is 0.766. The molecule has 0 aliphatic carbocycles. The average molecular weight is 240 g/mol. The molecule has 0 amide bonds. The Hall–Kier alpha value is -0.673. The van der Waals surface area contributed by atoms with Gasteiger partial charge in [0.1, 0.15) is 16.3 Å². The quantitative estimate of drug-likeness (QED) is 0.695. The van der Waals surface area contributed by atoms with Crippen molar-refractivity contribution in [3.8, 4) is 0 Å². The van der Waals surface area contributed by atoms with Gasteiger partial charge in [0, 0.05) is 0 Å². The molecule has 0 atom stereocenters. The standard InChI is InChI=1S/C13H21FOSi/c1-3-13(4-2,15-16)9-8-11-6-5-7-12(14)10-11/h5-7,10H,3-4,8-9H2,1-2,16H3. The molecule has 0 spiro atoms. The highest BCUT2D eigenvalue weighted by Gasteiger charge is 2.24. The molecule has 0 N–H and O–H groups in total. The van der Waals surface area contributed by atoms with E-state index in [1.807, 2.05) is 6.07 Å². The maximum atomic E-state index is 13.0. The molecule has 1 aromatic rings. The number of rotatable bonds is 6. The monoisotopic (exact) mass is 240 g/mol. The second kappa shape index (κ2) is 6.16. The van der Waals surface area contributed by atoms with Gasteiger partial charge in [-0.25, -0.2) is 4.39 Å². The van der Waals surface area contributed by atoms with Crippen molar-refractivity contribution in [3.63, 3.8) is 0 Å². The van der Waals surface area contributed by atoms with Gasteiger partial charge in [0.05, 0.1) is 5.60 Å². The Morgan fingerprint density at radius 3 is 2.50 bits per heavy atom. The Morgan fingerprint density at radius 2 is 2.00 bits per heavy atom. The smallest absolute Gasteiger partial charge is 0.146 e. The van der Waals surface area contributed by atoms with Crippen LogP contribution < -0.4 is 0 Å². The fourth-order valence-electron chi connectivity index (χ4n) is 2.06. The molecular formula is C13H21FOSi. The minimum Gasteiger partial charge on any atom is -0.422 e. The second-order valence-corrected chi connectivity index (χ2v) is 4.63. The van der Waals surface area contributed by atoms with Crippen LogP contribution >= 0.6 is 0 Å². The van der Waals surface area contributed by atoms with E-state index in [4.69, 9.17) is 4.43 Å². The van der Waals surface area contributed by atoms with E-state index < -0.39 is 0 Å². The zero-order valence-corrected chi connectivity index (χ0v) is 12.4. The van der Waals surface area contributed by atoms with Crippen LogP contribution in [0.2, 0.25) is 0 Å². The first kappa shape index (κ1) is 13.4. The van der Waals surface area contributed by atoms with Crippen molar-refractivity contribution >= 4 is 10.5 Å². The Labute approximate surface area is 101 Å². The van der Waals surface area contributed by atoms with E-state index in [9.17, 15) is 4.39 Å². The molecule has 90 valence electrons. The van der Waals surface area contributed by atoms with E-state index in [1.54, 1.807) is 12.1 Å². The van der Waals surface area contributed by atoms with Gasteiger partial charge in [-0.15, -0.1) is 0 Å².